The van der Waals surface area contributed by atoms with Crippen LogP contribution >= 0.6 is 11.6 Å². The summed E-state index contributed by atoms with van der Waals surface area (Å²) in [6.07, 6.45) is 1.37. The quantitative estimate of drug-likeness (QED) is 0.416. The van der Waals surface area contributed by atoms with Gasteiger partial charge in [0, 0.05) is 36.0 Å². The summed E-state index contributed by atoms with van der Waals surface area (Å²) < 4.78 is 45.1. The lowest BCUT2D eigenvalue weighted by molar-refractivity contribution is -0.137. The van der Waals surface area contributed by atoms with E-state index in [2.05, 4.69) is 21.9 Å². The van der Waals surface area contributed by atoms with E-state index < -0.39 is 11.7 Å². The second kappa shape index (κ2) is 10.5. The van der Waals surface area contributed by atoms with Gasteiger partial charge in [-0.05, 0) is 88.3 Å². The molecule has 1 saturated heterocycles. The number of nitrogens with zero attached hydrogens (tertiary/aromatic N) is 2. The van der Waals surface area contributed by atoms with Crippen molar-refractivity contribution in [2.24, 2.45) is 5.92 Å². The SMILES string of the molecule is CN(C)C[C@@H](Oc1ccc(C(F)(F)F)cc1)C1CCCN(CC2(c3ccc(Cl)cc3)CCC2)C1. The van der Waals surface area contributed by atoms with Crippen molar-refractivity contribution in [1.29, 1.82) is 0 Å². The number of hydrogen-bond donors (Lipinski definition) is 0. The highest BCUT2D eigenvalue weighted by Gasteiger charge is 2.41. The second-order valence-electron chi connectivity index (χ2n) is 10.2. The van der Waals surface area contributed by atoms with Crippen LogP contribution in [0.3, 0.4) is 0 Å². The molecule has 1 unspecified atom stereocenters. The zero-order valence-corrected chi connectivity index (χ0v) is 20.7. The average molecular weight is 495 g/mol. The van der Waals surface area contributed by atoms with Crippen LogP contribution in [0.15, 0.2) is 48.5 Å². The zero-order chi connectivity index (χ0) is 24.3. The number of ether oxygens (including phenoxy) is 1. The Morgan fingerprint density at radius 2 is 1.74 bits per heavy atom. The number of hydrogen-bond acceptors (Lipinski definition) is 3. The number of alkyl halides is 3. The largest absolute Gasteiger partial charge is 0.489 e. The molecule has 0 bridgehead atoms. The summed E-state index contributed by atoms with van der Waals surface area (Å²) in [5.74, 6) is 0.814. The Morgan fingerprint density at radius 3 is 2.29 bits per heavy atom. The highest BCUT2D eigenvalue weighted by Crippen LogP contribution is 2.45. The third kappa shape index (κ3) is 6.07. The molecule has 34 heavy (non-hydrogen) atoms. The summed E-state index contributed by atoms with van der Waals surface area (Å²) >= 11 is 6.12. The standard InChI is InChI=1S/C27H34ClF3N2O/c1-32(2)18-25(34-24-12-8-22(9-13-24)27(29,30)31)20-5-3-16-33(17-20)19-26(14-4-15-26)21-6-10-23(28)11-7-21/h6-13,20,25H,3-5,14-19H2,1-2H3/t20?,25-/m1/s1. The lowest BCUT2D eigenvalue weighted by Crippen LogP contribution is -2.51. The van der Waals surface area contributed by atoms with E-state index in [-0.39, 0.29) is 11.5 Å². The maximum Gasteiger partial charge on any atom is 0.416 e. The number of piperidine rings is 1. The van der Waals surface area contributed by atoms with Crippen molar-refractivity contribution in [3.8, 4) is 5.75 Å². The van der Waals surface area contributed by atoms with Gasteiger partial charge in [0.1, 0.15) is 11.9 Å². The fourth-order valence-corrected chi connectivity index (χ4v) is 5.58. The predicted octanol–water partition coefficient (Wildman–Crippen LogP) is 6.50. The van der Waals surface area contributed by atoms with Gasteiger partial charge >= 0.3 is 6.18 Å². The van der Waals surface area contributed by atoms with Crippen LogP contribution in [0.4, 0.5) is 13.2 Å². The molecule has 7 heteroatoms. The van der Waals surface area contributed by atoms with Gasteiger partial charge in [-0.25, -0.2) is 0 Å². The van der Waals surface area contributed by atoms with E-state index in [0.717, 1.165) is 56.2 Å². The minimum atomic E-state index is -4.34. The monoisotopic (exact) mass is 494 g/mol. The van der Waals surface area contributed by atoms with E-state index in [4.69, 9.17) is 16.3 Å². The molecule has 2 fully saturated rings. The first-order chi connectivity index (χ1) is 16.1. The number of benzene rings is 2. The average Bonchev–Trinajstić information content (AvgIpc) is 2.76. The molecule has 2 atom stereocenters. The molecule has 2 aromatic carbocycles. The van der Waals surface area contributed by atoms with Crippen LogP contribution in [0.1, 0.15) is 43.2 Å². The van der Waals surface area contributed by atoms with Gasteiger partial charge in [-0.15, -0.1) is 0 Å². The van der Waals surface area contributed by atoms with Crippen molar-refractivity contribution in [2.45, 2.75) is 49.8 Å². The molecule has 2 aromatic rings. The second-order valence-corrected chi connectivity index (χ2v) is 10.7. The van der Waals surface area contributed by atoms with Gasteiger partial charge in [0.15, 0.2) is 0 Å². The molecule has 2 aliphatic rings. The predicted molar refractivity (Wildman–Crippen MR) is 131 cm³/mol. The first kappa shape index (κ1) is 25.3. The van der Waals surface area contributed by atoms with Crippen LogP contribution < -0.4 is 4.74 Å². The Morgan fingerprint density at radius 1 is 1.06 bits per heavy atom. The Bertz CT molecular complexity index is 926. The van der Waals surface area contributed by atoms with Gasteiger partial charge in [0.2, 0.25) is 0 Å². The van der Waals surface area contributed by atoms with Crippen LogP contribution in [0, 0.1) is 5.92 Å². The Hall–Kier alpha value is -1.76. The minimum absolute atomic E-state index is 0.0811. The lowest BCUT2D eigenvalue weighted by atomic mass is 9.64. The highest BCUT2D eigenvalue weighted by molar-refractivity contribution is 6.30. The third-order valence-corrected chi connectivity index (χ3v) is 7.63. The molecular formula is C27H34ClF3N2O. The van der Waals surface area contributed by atoms with E-state index in [9.17, 15) is 13.2 Å². The lowest BCUT2D eigenvalue weighted by Gasteiger charge is -2.48. The first-order valence-corrected chi connectivity index (χ1v) is 12.5. The number of likely N-dealkylation sites (tertiary alicyclic amines) is 1. The normalized spacial score (nSPS) is 21.8. The highest BCUT2D eigenvalue weighted by atomic mass is 35.5. The van der Waals surface area contributed by atoms with Gasteiger partial charge in [0.05, 0.1) is 5.56 Å². The molecule has 1 heterocycles. The van der Waals surface area contributed by atoms with Crippen molar-refractivity contribution in [2.75, 3.05) is 40.3 Å². The molecular weight excluding hydrogens is 461 g/mol. The summed E-state index contributed by atoms with van der Waals surface area (Å²) in [6, 6.07) is 13.4. The van der Waals surface area contributed by atoms with E-state index >= 15 is 0 Å². The summed E-state index contributed by atoms with van der Waals surface area (Å²) in [7, 11) is 4.02. The van der Waals surface area contributed by atoms with E-state index in [1.54, 1.807) is 0 Å². The summed E-state index contributed by atoms with van der Waals surface area (Å²) in [6.45, 7) is 3.76. The van der Waals surface area contributed by atoms with Gasteiger partial charge in [-0.1, -0.05) is 30.2 Å². The van der Waals surface area contributed by atoms with Crippen molar-refractivity contribution in [1.82, 2.24) is 9.80 Å². The Balaban J connectivity index is 1.45. The first-order valence-electron chi connectivity index (χ1n) is 12.1. The number of likely N-dealkylation sites (N-methyl/N-ethyl adjacent to an activating group) is 1. The van der Waals surface area contributed by atoms with Gasteiger partial charge in [-0.2, -0.15) is 13.2 Å². The maximum atomic E-state index is 12.9. The maximum absolute atomic E-state index is 12.9. The van der Waals surface area contributed by atoms with E-state index in [1.165, 1.54) is 37.0 Å². The summed E-state index contributed by atoms with van der Waals surface area (Å²) in [4.78, 5) is 4.66. The molecule has 186 valence electrons. The number of rotatable bonds is 8. The fraction of sp³-hybridized carbons (Fsp3) is 0.556. The summed E-state index contributed by atoms with van der Waals surface area (Å²) in [5.41, 5.74) is 0.912. The Kier molecular flexibility index (Phi) is 7.80. The number of halogens is 4. The van der Waals surface area contributed by atoms with Crippen molar-refractivity contribution in [3.05, 3.63) is 64.7 Å². The van der Waals surface area contributed by atoms with Crippen LogP contribution in [-0.2, 0) is 11.6 Å². The molecule has 0 N–H and O–H groups in total. The molecule has 1 saturated carbocycles. The van der Waals surface area contributed by atoms with Crippen molar-refractivity contribution >= 4 is 11.6 Å². The van der Waals surface area contributed by atoms with Crippen LogP contribution in [0.2, 0.25) is 5.02 Å². The molecule has 0 radical (unpaired) electrons. The van der Waals surface area contributed by atoms with Crippen LogP contribution in [0.25, 0.3) is 0 Å². The molecule has 4 rings (SSSR count). The molecule has 1 aliphatic heterocycles. The van der Waals surface area contributed by atoms with Gasteiger partial charge < -0.3 is 14.5 Å². The van der Waals surface area contributed by atoms with Crippen LogP contribution in [-0.4, -0.2) is 56.2 Å². The van der Waals surface area contributed by atoms with Crippen molar-refractivity contribution < 1.29 is 17.9 Å². The van der Waals surface area contributed by atoms with Gasteiger partial charge in [0.25, 0.3) is 0 Å². The van der Waals surface area contributed by atoms with E-state index in [1.807, 2.05) is 26.2 Å². The fourth-order valence-electron chi connectivity index (χ4n) is 5.45. The zero-order valence-electron chi connectivity index (χ0n) is 20.0. The Labute approximate surface area is 205 Å². The molecule has 3 nitrogen and oxygen atoms in total. The van der Waals surface area contributed by atoms with E-state index in [0.29, 0.717) is 11.7 Å². The van der Waals surface area contributed by atoms with Crippen molar-refractivity contribution in [3.63, 3.8) is 0 Å². The minimum Gasteiger partial charge on any atom is -0.489 e. The smallest absolute Gasteiger partial charge is 0.416 e. The topological polar surface area (TPSA) is 15.7 Å². The molecule has 0 amide bonds. The molecule has 0 aromatic heterocycles. The van der Waals surface area contributed by atoms with Gasteiger partial charge in [-0.3, -0.25) is 0 Å². The van der Waals surface area contributed by atoms with Crippen LogP contribution in [0.5, 0.6) is 5.75 Å². The third-order valence-electron chi connectivity index (χ3n) is 7.38. The molecule has 0 spiro atoms. The summed E-state index contributed by atoms with van der Waals surface area (Å²) in [5, 5.41) is 0.767. The molecule has 1 aliphatic carbocycles.